The second kappa shape index (κ2) is 7.80. The molecule has 1 heterocycles. The van der Waals surface area contributed by atoms with Gasteiger partial charge in [-0.05, 0) is 42.7 Å². The fourth-order valence-electron chi connectivity index (χ4n) is 3.30. The summed E-state index contributed by atoms with van der Waals surface area (Å²) >= 11 is 6.63. The third kappa shape index (κ3) is 4.34. The SMILES string of the molecule is ClC1CC(CCc2ccccc2)CCN1Cc1ccccc1. The molecule has 0 amide bonds. The largest absolute Gasteiger partial charge is 0.283 e. The van der Waals surface area contributed by atoms with Crippen molar-refractivity contribution in [3.05, 3.63) is 71.8 Å². The maximum atomic E-state index is 6.63. The molecule has 1 aliphatic heterocycles. The summed E-state index contributed by atoms with van der Waals surface area (Å²) in [6, 6.07) is 21.4. The van der Waals surface area contributed by atoms with Crippen molar-refractivity contribution >= 4 is 11.6 Å². The smallest absolute Gasteiger partial charge is 0.0855 e. The quantitative estimate of drug-likeness (QED) is 0.548. The molecule has 1 nitrogen and oxygen atoms in total. The molecule has 2 aromatic rings. The van der Waals surface area contributed by atoms with Crippen LogP contribution in [0.15, 0.2) is 60.7 Å². The van der Waals surface area contributed by atoms with Gasteiger partial charge >= 0.3 is 0 Å². The van der Waals surface area contributed by atoms with Gasteiger partial charge in [-0.25, -0.2) is 0 Å². The van der Waals surface area contributed by atoms with Crippen LogP contribution < -0.4 is 0 Å². The first-order valence-electron chi connectivity index (χ1n) is 8.27. The van der Waals surface area contributed by atoms with Crippen LogP contribution in [-0.2, 0) is 13.0 Å². The van der Waals surface area contributed by atoms with E-state index >= 15 is 0 Å². The summed E-state index contributed by atoms with van der Waals surface area (Å²) in [5.74, 6) is 0.759. The molecule has 0 radical (unpaired) electrons. The van der Waals surface area contributed by atoms with Crippen molar-refractivity contribution in [2.45, 2.75) is 37.7 Å². The van der Waals surface area contributed by atoms with E-state index in [9.17, 15) is 0 Å². The van der Waals surface area contributed by atoms with E-state index in [-0.39, 0.29) is 5.50 Å². The summed E-state index contributed by atoms with van der Waals surface area (Å²) in [5.41, 5.74) is 2.98. The number of benzene rings is 2. The third-order valence-electron chi connectivity index (χ3n) is 4.66. The number of aryl methyl sites for hydroxylation is 1. The molecule has 1 saturated heterocycles. The van der Waals surface area contributed by atoms with Crippen LogP contribution in [0.2, 0.25) is 0 Å². The van der Waals surface area contributed by atoms with Crippen LogP contribution in [0, 0.1) is 5.92 Å². The molecule has 2 aromatic carbocycles. The number of likely N-dealkylation sites (tertiary alicyclic amines) is 1. The summed E-state index contributed by atoms with van der Waals surface area (Å²) in [6.45, 7) is 2.09. The summed E-state index contributed by atoms with van der Waals surface area (Å²) in [5, 5.41) is 0. The van der Waals surface area contributed by atoms with Crippen LogP contribution in [-0.4, -0.2) is 16.9 Å². The first kappa shape index (κ1) is 15.6. The number of nitrogens with zero attached hydrogens (tertiary/aromatic N) is 1. The summed E-state index contributed by atoms with van der Waals surface area (Å²) < 4.78 is 0. The second-order valence-corrected chi connectivity index (χ2v) is 6.81. The van der Waals surface area contributed by atoms with Crippen molar-refractivity contribution in [1.82, 2.24) is 4.90 Å². The van der Waals surface area contributed by atoms with E-state index in [0.29, 0.717) is 0 Å². The van der Waals surface area contributed by atoms with E-state index in [1.807, 2.05) is 0 Å². The van der Waals surface area contributed by atoms with Gasteiger partial charge in [0.1, 0.15) is 0 Å². The van der Waals surface area contributed by atoms with Gasteiger partial charge in [0.2, 0.25) is 0 Å². The summed E-state index contributed by atoms with van der Waals surface area (Å²) in [7, 11) is 0. The van der Waals surface area contributed by atoms with E-state index in [1.54, 1.807) is 0 Å². The van der Waals surface area contributed by atoms with Crippen LogP contribution in [0.3, 0.4) is 0 Å². The molecule has 1 fully saturated rings. The zero-order valence-electron chi connectivity index (χ0n) is 13.0. The van der Waals surface area contributed by atoms with Gasteiger partial charge in [0.15, 0.2) is 0 Å². The highest BCUT2D eigenvalue weighted by Gasteiger charge is 2.26. The van der Waals surface area contributed by atoms with Gasteiger partial charge in [-0.1, -0.05) is 60.7 Å². The number of rotatable bonds is 5. The highest BCUT2D eigenvalue weighted by molar-refractivity contribution is 6.20. The lowest BCUT2D eigenvalue weighted by atomic mass is 9.90. The zero-order chi connectivity index (χ0) is 15.2. The Morgan fingerprint density at radius 2 is 1.55 bits per heavy atom. The normalized spacial score (nSPS) is 22.6. The average molecular weight is 314 g/mol. The fraction of sp³-hybridized carbons (Fsp3) is 0.400. The van der Waals surface area contributed by atoms with Gasteiger partial charge < -0.3 is 0 Å². The van der Waals surface area contributed by atoms with Crippen molar-refractivity contribution in [3.8, 4) is 0 Å². The molecular weight excluding hydrogens is 290 g/mol. The molecule has 0 aromatic heterocycles. The molecule has 0 aliphatic carbocycles. The predicted octanol–water partition coefficient (Wildman–Crippen LogP) is 5.10. The Kier molecular flexibility index (Phi) is 5.53. The number of piperidine rings is 1. The van der Waals surface area contributed by atoms with E-state index < -0.39 is 0 Å². The van der Waals surface area contributed by atoms with Gasteiger partial charge in [0, 0.05) is 13.1 Å². The van der Waals surface area contributed by atoms with Crippen LogP contribution in [0.25, 0.3) is 0 Å². The predicted molar refractivity (Wildman–Crippen MR) is 94.0 cm³/mol. The lowest BCUT2D eigenvalue weighted by Crippen LogP contribution is -2.38. The molecule has 116 valence electrons. The molecule has 3 rings (SSSR count). The molecule has 2 unspecified atom stereocenters. The molecule has 1 aliphatic rings. The fourth-order valence-corrected chi connectivity index (χ4v) is 3.72. The van der Waals surface area contributed by atoms with Crippen molar-refractivity contribution in [2.75, 3.05) is 6.54 Å². The Hall–Kier alpha value is -1.31. The lowest BCUT2D eigenvalue weighted by molar-refractivity contribution is 0.148. The topological polar surface area (TPSA) is 3.24 Å². The summed E-state index contributed by atoms with van der Waals surface area (Å²) in [6.07, 6.45) is 4.81. The summed E-state index contributed by atoms with van der Waals surface area (Å²) in [4.78, 5) is 2.41. The Balaban J connectivity index is 1.47. The highest BCUT2D eigenvalue weighted by Crippen LogP contribution is 2.29. The van der Waals surface area contributed by atoms with Crippen LogP contribution in [0.4, 0.5) is 0 Å². The zero-order valence-corrected chi connectivity index (χ0v) is 13.8. The Labute approximate surface area is 138 Å². The number of alkyl halides is 1. The first-order valence-corrected chi connectivity index (χ1v) is 8.71. The molecule has 22 heavy (non-hydrogen) atoms. The van der Waals surface area contributed by atoms with Crippen LogP contribution in [0.1, 0.15) is 30.4 Å². The van der Waals surface area contributed by atoms with Crippen molar-refractivity contribution < 1.29 is 0 Å². The first-order chi connectivity index (χ1) is 10.8. The number of hydrogen-bond acceptors (Lipinski definition) is 1. The minimum Gasteiger partial charge on any atom is -0.283 e. The molecule has 2 atom stereocenters. The second-order valence-electron chi connectivity index (χ2n) is 6.31. The van der Waals surface area contributed by atoms with Crippen LogP contribution in [0.5, 0.6) is 0 Å². The van der Waals surface area contributed by atoms with Crippen LogP contribution >= 0.6 is 11.6 Å². The monoisotopic (exact) mass is 313 g/mol. The van der Waals surface area contributed by atoms with Gasteiger partial charge in [0.25, 0.3) is 0 Å². The van der Waals surface area contributed by atoms with E-state index in [0.717, 1.165) is 25.4 Å². The third-order valence-corrected chi connectivity index (χ3v) is 5.12. The Morgan fingerprint density at radius 1 is 0.909 bits per heavy atom. The molecule has 0 bridgehead atoms. The van der Waals surface area contributed by atoms with Gasteiger partial charge in [0.05, 0.1) is 5.50 Å². The van der Waals surface area contributed by atoms with Gasteiger partial charge in [-0.3, -0.25) is 4.90 Å². The molecule has 2 heteroatoms. The molecule has 0 N–H and O–H groups in total. The van der Waals surface area contributed by atoms with Gasteiger partial charge in [-0.15, -0.1) is 11.6 Å². The average Bonchev–Trinajstić information content (AvgIpc) is 2.57. The Bertz CT molecular complexity index is 554. The van der Waals surface area contributed by atoms with Crippen molar-refractivity contribution in [3.63, 3.8) is 0 Å². The van der Waals surface area contributed by atoms with Gasteiger partial charge in [-0.2, -0.15) is 0 Å². The molecule has 0 saturated carbocycles. The minimum atomic E-state index is 0.176. The van der Waals surface area contributed by atoms with E-state index in [1.165, 1.54) is 30.4 Å². The maximum Gasteiger partial charge on any atom is 0.0855 e. The minimum absolute atomic E-state index is 0.176. The Morgan fingerprint density at radius 3 is 2.18 bits per heavy atom. The number of hydrogen-bond donors (Lipinski definition) is 0. The highest BCUT2D eigenvalue weighted by atomic mass is 35.5. The molecular formula is C20H24ClN. The van der Waals surface area contributed by atoms with E-state index in [2.05, 4.69) is 65.6 Å². The standard InChI is InChI=1S/C20H24ClN/c21-20-15-18(12-11-17-7-3-1-4-8-17)13-14-22(20)16-19-9-5-2-6-10-19/h1-10,18,20H,11-16H2. The lowest BCUT2D eigenvalue weighted by Gasteiger charge is -2.36. The number of halogens is 1. The maximum absolute atomic E-state index is 6.63. The molecule has 0 spiro atoms. The van der Waals surface area contributed by atoms with Crippen molar-refractivity contribution in [1.29, 1.82) is 0 Å². The van der Waals surface area contributed by atoms with E-state index in [4.69, 9.17) is 11.6 Å². The van der Waals surface area contributed by atoms with Crippen molar-refractivity contribution in [2.24, 2.45) is 5.92 Å².